The van der Waals surface area contributed by atoms with Crippen molar-refractivity contribution in [2.75, 3.05) is 7.11 Å². The van der Waals surface area contributed by atoms with Crippen LogP contribution in [0.4, 0.5) is 0 Å². The van der Waals surface area contributed by atoms with Gasteiger partial charge in [0.2, 0.25) is 0 Å². The zero-order valence-electron chi connectivity index (χ0n) is 17.3. The van der Waals surface area contributed by atoms with Crippen molar-refractivity contribution in [1.82, 2.24) is 19.9 Å². The fourth-order valence-corrected chi connectivity index (χ4v) is 4.37. The number of benzene rings is 2. The molecule has 0 spiro atoms. The fourth-order valence-electron chi connectivity index (χ4n) is 3.27. The Morgan fingerprint density at radius 3 is 2.48 bits per heavy atom. The lowest BCUT2D eigenvalue weighted by Crippen LogP contribution is -2.31. The molecule has 2 aromatic carbocycles. The minimum Gasteiger partial charge on any atom is -0.497 e. The van der Waals surface area contributed by atoms with Crippen LogP contribution in [0.5, 0.6) is 5.75 Å². The summed E-state index contributed by atoms with van der Waals surface area (Å²) in [5.41, 5.74) is 2.51. The maximum atomic E-state index is 13.2. The van der Waals surface area contributed by atoms with Crippen LogP contribution in [0, 0.1) is 6.92 Å². The normalized spacial score (nSPS) is 11.9. The minimum absolute atomic E-state index is 0.197. The number of carbonyl (C=O) groups is 1. The van der Waals surface area contributed by atoms with Crippen LogP contribution in [0.15, 0.2) is 60.9 Å². The quantitative estimate of drug-likeness (QED) is 0.445. The lowest BCUT2D eigenvalue weighted by atomic mass is 10.1. The van der Waals surface area contributed by atoms with Crippen molar-refractivity contribution in [2.24, 2.45) is 7.05 Å². The van der Waals surface area contributed by atoms with Crippen LogP contribution in [0.3, 0.4) is 0 Å². The third-order valence-electron chi connectivity index (χ3n) is 4.94. The summed E-state index contributed by atoms with van der Waals surface area (Å²) in [6.45, 7) is 1.84. The van der Waals surface area contributed by atoms with E-state index in [9.17, 15) is 4.79 Å². The molecule has 1 atom stereocenters. The molecule has 158 valence electrons. The van der Waals surface area contributed by atoms with Crippen LogP contribution in [0.25, 0.3) is 10.6 Å². The van der Waals surface area contributed by atoms with E-state index in [4.69, 9.17) is 16.3 Å². The molecule has 2 heterocycles. The molecule has 0 aliphatic heterocycles. The summed E-state index contributed by atoms with van der Waals surface area (Å²) in [4.78, 5) is 22.9. The molecule has 0 saturated heterocycles. The van der Waals surface area contributed by atoms with E-state index in [0.717, 1.165) is 27.7 Å². The highest BCUT2D eigenvalue weighted by Gasteiger charge is 2.24. The highest BCUT2D eigenvalue weighted by atomic mass is 35.5. The number of nitrogens with zero attached hydrogens (tertiary/aromatic N) is 3. The number of nitrogens with one attached hydrogen (secondary N) is 1. The van der Waals surface area contributed by atoms with E-state index in [0.29, 0.717) is 15.6 Å². The summed E-state index contributed by atoms with van der Waals surface area (Å²) in [6.07, 6.45) is 3.56. The number of hydrogen-bond acceptors (Lipinski definition) is 5. The number of rotatable bonds is 6. The first kappa shape index (κ1) is 21.1. The Morgan fingerprint density at radius 2 is 1.87 bits per heavy atom. The summed E-state index contributed by atoms with van der Waals surface area (Å²) >= 11 is 7.42. The zero-order chi connectivity index (χ0) is 22.0. The van der Waals surface area contributed by atoms with Gasteiger partial charge in [0.05, 0.1) is 12.8 Å². The van der Waals surface area contributed by atoms with E-state index in [2.05, 4.69) is 15.3 Å². The molecule has 0 aliphatic carbocycles. The van der Waals surface area contributed by atoms with Crippen molar-refractivity contribution in [3.8, 4) is 16.3 Å². The van der Waals surface area contributed by atoms with E-state index in [1.54, 1.807) is 25.4 Å². The summed E-state index contributed by atoms with van der Waals surface area (Å²) in [7, 11) is 3.53. The number of methoxy groups -OCH3 is 1. The molecule has 4 aromatic rings. The second-order valence-corrected chi connectivity index (χ2v) is 8.45. The molecule has 0 aliphatic rings. The molecule has 0 radical (unpaired) electrons. The van der Waals surface area contributed by atoms with Gasteiger partial charge in [-0.05, 0) is 48.9 Å². The molecule has 4 rings (SSSR count). The van der Waals surface area contributed by atoms with Crippen LogP contribution in [-0.4, -0.2) is 27.6 Å². The van der Waals surface area contributed by atoms with E-state index in [1.165, 1.54) is 11.3 Å². The van der Waals surface area contributed by atoms with Crippen LogP contribution in [-0.2, 0) is 7.05 Å². The first-order valence-electron chi connectivity index (χ1n) is 9.61. The van der Waals surface area contributed by atoms with Crippen molar-refractivity contribution in [2.45, 2.75) is 13.0 Å². The summed E-state index contributed by atoms with van der Waals surface area (Å²) in [5.74, 6) is 1.31. The Labute approximate surface area is 189 Å². The molecule has 2 aromatic heterocycles. The molecule has 1 unspecified atom stereocenters. The minimum atomic E-state index is -0.421. The van der Waals surface area contributed by atoms with Crippen LogP contribution in [0.2, 0.25) is 5.02 Å². The van der Waals surface area contributed by atoms with Gasteiger partial charge in [-0.25, -0.2) is 9.97 Å². The molecule has 0 saturated carbocycles. The third-order valence-corrected chi connectivity index (χ3v) is 6.39. The van der Waals surface area contributed by atoms with Crippen molar-refractivity contribution >= 4 is 28.8 Å². The average Bonchev–Trinajstić information content (AvgIpc) is 3.38. The predicted octanol–water partition coefficient (Wildman–Crippen LogP) is 5.03. The molecule has 8 heteroatoms. The molecule has 31 heavy (non-hydrogen) atoms. The monoisotopic (exact) mass is 452 g/mol. The maximum absolute atomic E-state index is 13.2. The van der Waals surface area contributed by atoms with Gasteiger partial charge in [0.25, 0.3) is 5.91 Å². The molecular formula is C23H21ClN4O2S. The van der Waals surface area contributed by atoms with Crippen LogP contribution < -0.4 is 10.1 Å². The van der Waals surface area contributed by atoms with Gasteiger partial charge in [0.15, 0.2) is 0 Å². The number of thiazole rings is 1. The largest absolute Gasteiger partial charge is 0.497 e. The summed E-state index contributed by atoms with van der Waals surface area (Å²) in [5, 5.41) is 4.54. The van der Waals surface area contributed by atoms with Gasteiger partial charge in [-0.3, -0.25) is 4.79 Å². The average molecular weight is 453 g/mol. The molecule has 1 amide bonds. The lowest BCUT2D eigenvalue weighted by Gasteiger charge is -2.19. The molecular weight excluding hydrogens is 432 g/mol. The van der Waals surface area contributed by atoms with Gasteiger partial charge in [0.1, 0.15) is 27.5 Å². The predicted molar refractivity (Wildman–Crippen MR) is 123 cm³/mol. The Hall–Kier alpha value is -3.16. The SMILES string of the molecule is COc1ccc(-c2nc(C)c(C(=O)NC(c3ccc(Cl)cc3)c3nccn3C)s2)cc1. The number of carbonyl (C=O) groups excluding carboxylic acids is 1. The smallest absolute Gasteiger partial charge is 0.264 e. The topological polar surface area (TPSA) is 69.0 Å². The van der Waals surface area contributed by atoms with Crippen molar-refractivity contribution < 1.29 is 9.53 Å². The third kappa shape index (κ3) is 4.47. The number of halogens is 1. The number of imidazole rings is 1. The van der Waals surface area contributed by atoms with Crippen molar-refractivity contribution in [1.29, 1.82) is 0 Å². The van der Waals surface area contributed by atoms with Gasteiger partial charge in [-0.15, -0.1) is 11.3 Å². The summed E-state index contributed by atoms with van der Waals surface area (Å²) < 4.78 is 7.10. The van der Waals surface area contributed by atoms with Gasteiger partial charge in [-0.2, -0.15) is 0 Å². The molecule has 1 N–H and O–H groups in total. The Morgan fingerprint density at radius 1 is 1.16 bits per heavy atom. The van der Waals surface area contributed by atoms with E-state index < -0.39 is 6.04 Å². The number of hydrogen-bond donors (Lipinski definition) is 1. The number of ether oxygens (including phenoxy) is 1. The zero-order valence-corrected chi connectivity index (χ0v) is 18.9. The first-order chi connectivity index (χ1) is 15.0. The van der Waals surface area contributed by atoms with Crippen LogP contribution in [0.1, 0.15) is 32.8 Å². The van der Waals surface area contributed by atoms with Crippen molar-refractivity contribution in [3.63, 3.8) is 0 Å². The second-order valence-electron chi connectivity index (χ2n) is 7.02. The molecule has 6 nitrogen and oxygen atoms in total. The van der Waals surface area contributed by atoms with Gasteiger partial charge in [-0.1, -0.05) is 23.7 Å². The molecule has 0 fully saturated rings. The maximum Gasteiger partial charge on any atom is 0.264 e. The lowest BCUT2D eigenvalue weighted by molar-refractivity contribution is 0.0944. The van der Waals surface area contributed by atoms with E-state index >= 15 is 0 Å². The highest BCUT2D eigenvalue weighted by molar-refractivity contribution is 7.17. The Bertz CT molecular complexity index is 1200. The Kier molecular flexibility index (Phi) is 6.06. The second kappa shape index (κ2) is 8.91. The van der Waals surface area contributed by atoms with Crippen molar-refractivity contribution in [3.05, 3.63) is 87.9 Å². The van der Waals surface area contributed by atoms with E-state index in [-0.39, 0.29) is 5.91 Å². The Balaban J connectivity index is 1.64. The fraction of sp³-hybridized carbons (Fsp3) is 0.174. The standard InChI is InChI=1S/C23H21ClN4O2S/c1-14-20(31-23(26-14)16-6-10-18(30-3)11-7-16)22(29)27-19(21-25-12-13-28(21)2)15-4-8-17(24)9-5-15/h4-13,19H,1-3H3,(H,27,29). The van der Waals surface area contributed by atoms with E-state index in [1.807, 2.05) is 61.1 Å². The number of amides is 1. The number of aryl methyl sites for hydroxylation is 2. The number of aromatic nitrogens is 3. The van der Waals surface area contributed by atoms with Gasteiger partial charge >= 0.3 is 0 Å². The summed E-state index contributed by atoms with van der Waals surface area (Å²) in [6, 6.07) is 14.6. The molecule has 0 bridgehead atoms. The van der Waals surface area contributed by atoms with Crippen LogP contribution >= 0.6 is 22.9 Å². The highest BCUT2D eigenvalue weighted by Crippen LogP contribution is 2.30. The van der Waals surface area contributed by atoms with Gasteiger partial charge < -0.3 is 14.6 Å². The first-order valence-corrected chi connectivity index (χ1v) is 10.8. The van der Waals surface area contributed by atoms with Gasteiger partial charge in [0, 0.05) is 30.0 Å².